The lowest BCUT2D eigenvalue weighted by Gasteiger charge is -2.00. The van der Waals surface area contributed by atoms with Crippen molar-refractivity contribution in [3.8, 4) is 0 Å². The molecular weight excluding hydrogens is 194 g/mol. The highest BCUT2D eigenvalue weighted by molar-refractivity contribution is 7.99. The minimum Gasteiger partial charge on any atom is -0.145 e. The number of rotatable bonds is 6. The largest absolute Gasteiger partial charge is 0.145 e. The highest BCUT2D eigenvalue weighted by Crippen LogP contribution is 2.22. The van der Waals surface area contributed by atoms with Crippen LogP contribution in [0.2, 0.25) is 0 Å². The summed E-state index contributed by atoms with van der Waals surface area (Å²) in [5.41, 5.74) is 0.503. The number of benzene rings is 1. The highest BCUT2D eigenvalue weighted by Gasteiger charge is 1.94. The monoisotopic (exact) mass is 209 g/mol. The topological polar surface area (TPSA) is 29.4 Å². The second-order valence-electron chi connectivity index (χ2n) is 3.14. The van der Waals surface area contributed by atoms with Crippen LogP contribution in [0.15, 0.2) is 34.3 Å². The van der Waals surface area contributed by atoms with Crippen molar-refractivity contribution in [2.75, 3.05) is 5.75 Å². The summed E-state index contributed by atoms with van der Waals surface area (Å²) in [6, 6.07) is 7.42. The lowest BCUT2D eigenvalue weighted by Crippen LogP contribution is -1.79. The van der Waals surface area contributed by atoms with Crippen LogP contribution in [0.4, 0.5) is 5.69 Å². The van der Waals surface area contributed by atoms with Gasteiger partial charge in [-0.1, -0.05) is 19.8 Å². The summed E-state index contributed by atoms with van der Waals surface area (Å²) in [6.45, 7) is 2.20. The van der Waals surface area contributed by atoms with Gasteiger partial charge in [0.2, 0.25) is 0 Å². The summed E-state index contributed by atoms with van der Waals surface area (Å²) in [4.78, 5) is 11.4. The molecule has 0 heterocycles. The van der Waals surface area contributed by atoms with E-state index >= 15 is 0 Å². The van der Waals surface area contributed by atoms with Gasteiger partial charge in [-0.05, 0) is 41.6 Å². The lowest BCUT2D eigenvalue weighted by atomic mass is 10.3. The predicted octanol–water partition coefficient (Wildman–Crippen LogP) is 4.37. The van der Waals surface area contributed by atoms with Crippen molar-refractivity contribution in [3.63, 3.8) is 0 Å². The van der Waals surface area contributed by atoms with Gasteiger partial charge in [0, 0.05) is 4.90 Å². The van der Waals surface area contributed by atoms with Gasteiger partial charge in [-0.25, -0.2) is 0 Å². The van der Waals surface area contributed by atoms with Gasteiger partial charge in [0.1, 0.15) is 5.69 Å². The van der Waals surface area contributed by atoms with E-state index in [2.05, 4.69) is 12.1 Å². The maximum Gasteiger partial charge on any atom is 0.108 e. The number of nitrogens with zero attached hydrogens (tertiary/aromatic N) is 1. The van der Waals surface area contributed by atoms with Crippen LogP contribution in [0.25, 0.3) is 0 Å². The van der Waals surface area contributed by atoms with Crippen LogP contribution in [0.3, 0.4) is 0 Å². The molecule has 0 aliphatic carbocycles. The van der Waals surface area contributed by atoms with Gasteiger partial charge in [-0.2, -0.15) is 0 Å². The maximum absolute atomic E-state index is 10.2. The Hall–Kier alpha value is -0.830. The van der Waals surface area contributed by atoms with Crippen molar-refractivity contribution in [1.82, 2.24) is 0 Å². The Morgan fingerprint density at radius 3 is 2.50 bits per heavy atom. The fourth-order valence-corrected chi connectivity index (χ4v) is 2.06. The Kier molecular flexibility index (Phi) is 5.30. The van der Waals surface area contributed by atoms with Crippen LogP contribution in [0.5, 0.6) is 0 Å². The minimum atomic E-state index is 0.503. The molecule has 0 atom stereocenters. The quantitative estimate of drug-likeness (QED) is 0.395. The molecule has 0 aliphatic heterocycles. The molecular formula is C11H15NOS. The van der Waals surface area contributed by atoms with Crippen molar-refractivity contribution in [2.45, 2.75) is 31.1 Å². The van der Waals surface area contributed by atoms with Gasteiger partial charge >= 0.3 is 0 Å². The lowest BCUT2D eigenvalue weighted by molar-refractivity contribution is 0.778. The third-order valence-corrected chi connectivity index (χ3v) is 3.06. The molecule has 0 fully saturated rings. The fraction of sp³-hybridized carbons (Fsp3) is 0.455. The molecule has 0 unspecified atom stereocenters. The molecule has 0 aliphatic rings. The van der Waals surface area contributed by atoms with Crippen LogP contribution in [0, 0.1) is 4.91 Å². The van der Waals surface area contributed by atoms with Crippen LogP contribution in [-0.4, -0.2) is 5.75 Å². The molecule has 0 aromatic heterocycles. The fourth-order valence-electron chi connectivity index (χ4n) is 1.15. The van der Waals surface area contributed by atoms with Crippen LogP contribution in [-0.2, 0) is 0 Å². The molecule has 1 aromatic rings. The van der Waals surface area contributed by atoms with Crippen LogP contribution in [0.1, 0.15) is 26.2 Å². The number of hydrogen-bond acceptors (Lipinski definition) is 3. The van der Waals surface area contributed by atoms with Crippen LogP contribution >= 0.6 is 11.8 Å². The zero-order valence-electron chi connectivity index (χ0n) is 8.40. The Morgan fingerprint density at radius 2 is 1.93 bits per heavy atom. The first-order valence-electron chi connectivity index (χ1n) is 4.93. The van der Waals surface area contributed by atoms with Gasteiger partial charge in [0.05, 0.1) is 0 Å². The van der Waals surface area contributed by atoms with Crippen molar-refractivity contribution < 1.29 is 0 Å². The second-order valence-corrected chi connectivity index (χ2v) is 4.31. The molecule has 0 bridgehead atoms. The van der Waals surface area contributed by atoms with E-state index in [0.29, 0.717) is 5.69 Å². The standard InChI is InChI=1S/C11H15NOS/c1-2-3-4-9-14-11-7-5-10(12-13)6-8-11/h5-8H,2-4,9H2,1H3. The van der Waals surface area contributed by atoms with E-state index in [4.69, 9.17) is 0 Å². The summed E-state index contributed by atoms with van der Waals surface area (Å²) in [5.74, 6) is 1.15. The summed E-state index contributed by atoms with van der Waals surface area (Å²) in [6.07, 6.45) is 3.81. The first-order chi connectivity index (χ1) is 6.86. The summed E-state index contributed by atoms with van der Waals surface area (Å²) < 4.78 is 0. The molecule has 76 valence electrons. The summed E-state index contributed by atoms with van der Waals surface area (Å²) in [5, 5.41) is 2.86. The Balaban J connectivity index is 2.32. The number of hydrogen-bond donors (Lipinski definition) is 0. The SMILES string of the molecule is CCCCCSc1ccc(N=O)cc1. The van der Waals surface area contributed by atoms with E-state index in [1.807, 2.05) is 23.9 Å². The minimum absolute atomic E-state index is 0.503. The van der Waals surface area contributed by atoms with E-state index in [-0.39, 0.29) is 0 Å². The molecule has 0 saturated heterocycles. The highest BCUT2D eigenvalue weighted by atomic mass is 32.2. The third-order valence-electron chi connectivity index (χ3n) is 1.96. The predicted molar refractivity (Wildman–Crippen MR) is 62.1 cm³/mol. The van der Waals surface area contributed by atoms with Crippen molar-refractivity contribution in [2.24, 2.45) is 5.18 Å². The van der Waals surface area contributed by atoms with E-state index in [1.165, 1.54) is 24.2 Å². The first kappa shape index (κ1) is 11.2. The normalized spacial score (nSPS) is 10.1. The van der Waals surface area contributed by atoms with Gasteiger partial charge < -0.3 is 0 Å². The summed E-state index contributed by atoms with van der Waals surface area (Å²) in [7, 11) is 0. The van der Waals surface area contributed by atoms with Gasteiger partial charge in [-0.15, -0.1) is 16.7 Å². The van der Waals surface area contributed by atoms with Crippen molar-refractivity contribution >= 4 is 17.4 Å². The number of unbranched alkanes of at least 4 members (excludes halogenated alkanes) is 2. The average molecular weight is 209 g/mol. The third kappa shape index (κ3) is 3.92. The first-order valence-corrected chi connectivity index (χ1v) is 5.91. The molecule has 0 radical (unpaired) electrons. The molecule has 3 heteroatoms. The molecule has 0 spiro atoms. The smallest absolute Gasteiger partial charge is 0.108 e. The van der Waals surface area contributed by atoms with Crippen molar-refractivity contribution in [3.05, 3.63) is 29.2 Å². The van der Waals surface area contributed by atoms with Gasteiger partial charge in [-0.3, -0.25) is 0 Å². The molecule has 1 rings (SSSR count). The molecule has 0 amide bonds. The molecule has 14 heavy (non-hydrogen) atoms. The number of nitroso groups, excluding NO2 is 1. The van der Waals surface area contributed by atoms with Crippen molar-refractivity contribution in [1.29, 1.82) is 0 Å². The average Bonchev–Trinajstić information content (AvgIpc) is 2.25. The van der Waals surface area contributed by atoms with Gasteiger partial charge in [0.15, 0.2) is 0 Å². The maximum atomic E-state index is 10.2. The zero-order chi connectivity index (χ0) is 10.2. The Morgan fingerprint density at radius 1 is 1.21 bits per heavy atom. The number of thioether (sulfide) groups is 1. The van der Waals surface area contributed by atoms with Crippen LogP contribution < -0.4 is 0 Å². The molecule has 2 nitrogen and oxygen atoms in total. The molecule has 1 aromatic carbocycles. The zero-order valence-corrected chi connectivity index (χ0v) is 9.22. The van der Waals surface area contributed by atoms with E-state index in [9.17, 15) is 4.91 Å². The Bertz CT molecular complexity index is 271. The second kappa shape index (κ2) is 6.60. The van der Waals surface area contributed by atoms with E-state index < -0.39 is 0 Å². The summed E-state index contributed by atoms with van der Waals surface area (Å²) >= 11 is 1.84. The Labute approximate surface area is 89.1 Å². The molecule has 0 saturated carbocycles. The van der Waals surface area contributed by atoms with E-state index in [1.54, 1.807) is 12.1 Å². The van der Waals surface area contributed by atoms with Gasteiger partial charge in [0.25, 0.3) is 0 Å². The molecule has 0 N–H and O–H groups in total. The van der Waals surface area contributed by atoms with E-state index in [0.717, 1.165) is 5.75 Å².